The average molecular weight is 359 g/mol. The largest absolute Gasteiger partial charge is 0.490 e. The molecule has 24 heavy (non-hydrogen) atoms. The summed E-state index contributed by atoms with van der Waals surface area (Å²) in [6.07, 6.45) is -3.73. The zero-order valence-corrected chi connectivity index (χ0v) is 13.0. The van der Waals surface area contributed by atoms with E-state index < -0.39 is 40.4 Å². The maximum absolute atomic E-state index is 14.1. The smallest absolute Gasteiger partial charge is 0.475 e. The summed E-state index contributed by atoms with van der Waals surface area (Å²) in [5.74, 6) is -6.48. The Bertz CT molecular complexity index is 562. The summed E-state index contributed by atoms with van der Waals surface area (Å²) in [6, 6.07) is 0. The van der Waals surface area contributed by atoms with Gasteiger partial charge in [-0.1, -0.05) is 0 Å². The predicted molar refractivity (Wildman–Crippen MR) is 70.1 cm³/mol. The van der Waals surface area contributed by atoms with Gasteiger partial charge in [0.25, 0.3) is 5.92 Å². The van der Waals surface area contributed by atoms with Gasteiger partial charge in [0, 0.05) is 5.54 Å². The predicted octanol–water partition coefficient (Wildman–Crippen LogP) is 2.48. The number of carboxylic acids is 1. The summed E-state index contributed by atoms with van der Waals surface area (Å²) in [5, 5.41) is 7.12. The van der Waals surface area contributed by atoms with E-state index in [9.17, 15) is 26.7 Å². The van der Waals surface area contributed by atoms with E-state index in [1.165, 1.54) is 0 Å². The number of aliphatic carboxylic acids is 1. The van der Waals surface area contributed by atoms with Crippen LogP contribution < -0.4 is 5.73 Å². The Morgan fingerprint density at radius 2 is 1.58 bits per heavy atom. The molecule has 0 saturated heterocycles. The Morgan fingerprint density at radius 1 is 1.17 bits per heavy atom. The van der Waals surface area contributed by atoms with Crippen LogP contribution in [-0.2, 0) is 14.3 Å². The number of carboxylic acid groups (broad SMARTS) is 1. The molecule has 0 spiro atoms. The van der Waals surface area contributed by atoms with Crippen molar-refractivity contribution < 1.29 is 41.4 Å². The number of alkyl halides is 5. The van der Waals surface area contributed by atoms with E-state index in [1.807, 2.05) is 0 Å². The van der Waals surface area contributed by atoms with Crippen molar-refractivity contribution in [2.75, 3.05) is 0 Å². The van der Waals surface area contributed by atoms with Gasteiger partial charge in [0.2, 0.25) is 0 Å². The van der Waals surface area contributed by atoms with Crippen LogP contribution in [0.2, 0.25) is 0 Å². The molecular formula is C14H18F5NO4. The Hall–Kier alpha value is -1.45. The van der Waals surface area contributed by atoms with E-state index in [4.69, 9.17) is 20.4 Å². The third-order valence-electron chi connectivity index (χ3n) is 5.13. The van der Waals surface area contributed by atoms with E-state index in [-0.39, 0.29) is 18.9 Å². The van der Waals surface area contributed by atoms with Gasteiger partial charge in [0.05, 0.1) is 11.5 Å². The second-order valence-corrected chi connectivity index (χ2v) is 7.01. The molecule has 3 N–H and O–H groups in total. The van der Waals surface area contributed by atoms with Crippen molar-refractivity contribution in [3.05, 3.63) is 0 Å². The standard InChI is InChI=1S/C12H17F2NO2.C2HF3O2/c1-7(2)17-8(16)9-5-10(6-9,12(9,13)14)11(15)3-4-11;3-2(4,5)1(6)7/h7H,3-6,15H2,1-2H3;(H,6,7). The van der Waals surface area contributed by atoms with E-state index in [0.717, 1.165) is 0 Å². The first-order valence-electron chi connectivity index (χ1n) is 7.33. The Kier molecular flexibility index (Phi) is 3.95. The third kappa shape index (κ3) is 2.29. The number of carbonyl (C=O) groups is 2. The van der Waals surface area contributed by atoms with Gasteiger partial charge in [-0.15, -0.1) is 0 Å². The van der Waals surface area contributed by atoms with E-state index in [0.29, 0.717) is 12.8 Å². The molecule has 0 atom stereocenters. The van der Waals surface area contributed by atoms with Crippen LogP contribution in [-0.4, -0.2) is 40.8 Å². The zero-order chi connectivity index (χ0) is 18.8. The second kappa shape index (κ2) is 5.03. The lowest BCUT2D eigenvalue weighted by atomic mass is 9.29. The molecule has 4 fully saturated rings. The molecule has 0 aromatic heterocycles. The Balaban J connectivity index is 0.000000256. The molecule has 0 aromatic carbocycles. The minimum absolute atomic E-state index is 0.203. The summed E-state index contributed by atoms with van der Waals surface area (Å²) in [5.41, 5.74) is 2.52. The molecule has 4 rings (SSSR count). The number of rotatable bonds is 3. The van der Waals surface area contributed by atoms with Crippen LogP contribution >= 0.6 is 0 Å². The molecule has 0 aromatic rings. The highest BCUT2D eigenvalue weighted by atomic mass is 19.4. The molecule has 0 heterocycles. The number of carbonyl (C=O) groups excluding carboxylic acids is 1. The van der Waals surface area contributed by atoms with Crippen molar-refractivity contribution in [1.82, 2.24) is 0 Å². The monoisotopic (exact) mass is 359 g/mol. The van der Waals surface area contributed by atoms with Crippen LogP contribution in [0.3, 0.4) is 0 Å². The topological polar surface area (TPSA) is 89.6 Å². The highest BCUT2D eigenvalue weighted by Crippen LogP contribution is 2.87. The van der Waals surface area contributed by atoms with Crippen molar-refractivity contribution in [3.8, 4) is 0 Å². The first-order valence-corrected chi connectivity index (χ1v) is 7.33. The molecule has 4 aliphatic rings. The minimum Gasteiger partial charge on any atom is -0.475 e. The summed E-state index contributed by atoms with van der Waals surface area (Å²) < 4.78 is 65.0. The van der Waals surface area contributed by atoms with Crippen molar-refractivity contribution in [1.29, 1.82) is 0 Å². The fraction of sp³-hybridized carbons (Fsp3) is 0.857. The number of esters is 1. The summed E-state index contributed by atoms with van der Waals surface area (Å²) in [6.45, 7) is 3.34. The minimum atomic E-state index is -5.08. The van der Waals surface area contributed by atoms with Crippen LogP contribution in [0.1, 0.15) is 39.5 Å². The fourth-order valence-electron chi connectivity index (χ4n) is 3.54. The molecule has 0 aliphatic heterocycles. The van der Waals surface area contributed by atoms with Gasteiger partial charge in [0.15, 0.2) is 0 Å². The van der Waals surface area contributed by atoms with Gasteiger partial charge in [0.1, 0.15) is 5.41 Å². The van der Waals surface area contributed by atoms with E-state index in [1.54, 1.807) is 13.8 Å². The van der Waals surface area contributed by atoms with Gasteiger partial charge >= 0.3 is 18.1 Å². The summed E-state index contributed by atoms with van der Waals surface area (Å²) in [7, 11) is 0. The zero-order valence-electron chi connectivity index (χ0n) is 13.0. The highest BCUT2D eigenvalue weighted by Gasteiger charge is 2.96. The van der Waals surface area contributed by atoms with E-state index >= 15 is 0 Å². The third-order valence-corrected chi connectivity index (χ3v) is 5.13. The number of ether oxygens (including phenoxy) is 1. The molecule has 10 heteroatoms. The van der Waals surface area contributed by atoms with Gasteiger partial charge in [-0.25, -0.2) is 13.6 Å². The first-order chi connectivity index (χ1) is 10.7. The van der Waals surface area contributed by atoms with Gasteiger partial charge in [-0.05, 0) is 39.5 Å². The van der Waals surface area contributed by atoms with Crippen LogP contribution in [0.5, 0.6) is 0 Å². The SMILES string of the molecule is CC(C)OC(=O)C12CC(C3(N)CC3)(C1)C2(F)F.O=C(O)C(F)(F)F. The normalized spacial score (nSPS) is 34.2. The van der Waals surface area contributed by atoms with Gasteiger partial charge in [-0.2, -0.15) is 13.2 Å². The number of nitrogens with two attached hydrogens (primary N) is 1. The van der Waals surface area contributed by atoms with Crippen LogP contribution in [0.4, 0.5) is 22.0 Å². The lowest BCUT2D eigenvalue weighted by Gasteiger charge is -2.75. The number of halogens is 5. The molecule has 2 bridgehead atoms. The van der Waals surface area contributed by atoms with Gasteiger partial charge < -0.3 is 15.6 Å². The molecule has 0 unspecified atom stereocenters. The quantitative estimate of drug-likeness (QED) is 0.597. The van der Waals surface area contributed by atoms with Crippen LogP contribution in [0, 0.1) is 10.8 Å². The molecule has 0 radical (unpaired) electrons. The lowest BCUT2D eigenvalue weighted by molar-refractivity contribution is -0.409. The van der Waals surface area contributed by atoms with Crippen LogP contribution in [0.15, 0.2) is 0 Å². The molecule has 4 saturated carbocycles. The van der Waals surface area contributed by atoms with Gasteiger partial charge in [-0.3, -0.25) is 4.79 Å². The second-order valence-electron chi connectivity index (χ2n) is 7.01. The van der Waals surface area contributed by atoms with Crippen molar-refractivity contribution >= 4 is 11.9 Å². The average Bonchev–Trinajstić information content (AvgIpc) is 3.04. The molecule has 0 amide bonds. The summed E-state index contributed by atoms with van der Waals surface area (Å²) in [4.78, 5) is 20.7. The van der Waals surface area contributed by atoms with Crippen molar-refractivity contribution in [2.24, 2.45) is 16.6 Å². The van der Waals surface area contributed by atoms with Crippen molar-refractivity contribution in [3.63, 3.8) is 0 Å². The lowest BCUT2D eigenvalue weighted by Crippen LogP contribution is -2.86. The van der Waals surface area contributed by atoms with Crippen molar-refractivity contribution in [2.45, 2.75) is 63.3 Å². The fourth-order valence-corrected chi connectivity index (χ4v) is 3.54. The van der Waals surface area contributed by atoms with E-state index in [2.05, 4.69) is 0 Å². The molecule has 4 aliphatic carbocycles. The summed E-state index contributed by atoms with van der Waals surface area (Å²) >= 11 is 0. The highest BCUT2D eigenvalue weighted by molar-refractivity contribution is 5.84. The Morgan fingerprint density at radius 3 is 1.83 bits per heavy atom. The van der Waals surface area contributed by atoms with Crippen LogP contribution in [0.25, 0.3) is 0 Å². The maximum atomic E-state index is 14.1. The maximum Gasteiger partial charge on any atom is 0.490 e. The Labute approximate surface area is 134 Å². The number of hydrogen-bond acceptors (Lipinski definition) is 4. The first kappa shape index (κ1) is 18.9. The molecule has 5 nitrogen and oxygen atoms in total. The molecular weight excluding hydrogens is 341 g/mol. The molecule has 138 valence electrons. The number of hydrogen-bond donors (Lipinski definition) is 2.